The molecule has 7 heteroatoms. The number of hydrogen-bond donors (Lipinski definition) is 1. The Hall–Kier alpha value is -1.73. The van der Waals surface area contributed by atoms with Crippen LogP contribution in [-0.4, -0.2) is 40.0 Å². The van der Waals surface area contributed by atoms with Gasteiger partial charge in [0, 0.05) is 18.6 Å². The van der Waals surface area contributed by atoms with Crippen LogP contribution in [0.1, 0.15) is 37.6 Å². The highest BCUT2D eigenvalue weighted by molar-refractivity contribution is 6.74. The fourth-order valence-corrected chi connectivity index (χ4v) is 2.97. The highest BCUT2D eigenvalue weighted by Gasteiger charge is 2.37. The Morgan fingerprint density at radius 3 is 2.44 bits per heavy atom. The molecule has 25 heavy (non-hydrogen) atoms. The minimum atomic E-state index is -1.94. The third-order valence-electron chi connectivity index (χ3n) is 4.55. The predicted molar refractivity (Wildman–Crippen MR) is 97.4 cm³/mol. The number of carbonyl (C=O) groups is 2. The number of amides is 1. The van der Waals surface area contributed by atoms with Crippen LogP contribution in [0.5, 0.6) is 0 Å². The van der Waals surface area contributed by atoms with E-state index >= 15 is 0 Å². The molecule has 140 valence electrons. The maximum absolute atomic E-state index is 13.2. The van der Waals surface area contributed by atoms with Crippen molar-refractivity contribution in [1.82, 2.24) is 5.32 Å². The van der Waals surface area contributed by atoms with Crippen LogP contribution in [0.25, 0.3) is 0 Å². The van der Waals surface area contributed by atoms with Gasteiger partial charge in [-0.2, -0.15) is 0 Å². The third-order valence-corrected chi connectivity index (χ3v) is 9.09. The van der Waals surface area contributed by atoms with Crippen LogP contribution in [0.2, 0.25) is 18.1 Å². The molecule has 1 aromatic rings. The largest absolute Gasteiger partial charge is 0.467 e. The minimum Gasteiger partial charge on any atom is -0.467 e. The first-order chi connectivity index (χ1) is 11.5. The normalized spacial score (nSPS) is 13.2. The van der Waals surface area contributed by atoms with E-state index in [-0.39, 0.29) is 10.6 Å². The van der Waals surface area contributed by atoms with E-state index in [1.165, 1.54) is 25.3 Å². The van der Waals surface area contributed by atoms with Gasteiger partial charge >= 0.3 is 5.97 Å². The molecule has 1 N–H and O–H groups in total. The first-order valence-electron chi connectivity index (χ1n) is 8.26. The van der Waals surface area contributed by atoms with E-state index in [1.54, 1.807) is 0 Å². The molecule has 0 bridgehead atoms. The molecule has 0 radical (unpaired) electrons. The number of carbonyl (C=O) groups excluding carboxylic acids is 2. The number of esters is 1. The van der Waals surface area contributed by atoms with Gasteiger partial charge in [0.25, 0.3) is 5.91 Å². The third kappa shape index (κ3) is 6.25. The van der Waals surface area contributed by atoms with Crippen LogP contribution < -0.4 is 5.32 Å². The Morgan fingerprint density at radius 2 is 1.92 bits per heavy atom. The first kappa shape index (κ1) is 21.3. The van der Waals surface area contributed by atoms with Crippen LogP contribution in [0.4, 0.5) is 4.39 Å². The Labute approximate surface area is 150 Å². The highest BCUT2D eigenvalue weighted by atomic mass is 28.4. The summed E-state index contributed by atoms with van der Waals surface area (Å²) in [7, 11) is -0.680. The van der Waals surface area contributed by atoms with Gasteiger partial charge in [-0.05, 0) is 36.3 Å². The van der Waals surface area contributed by atoms with E-state index in [0.29, 0.717) is 13.0 Å². The summed E-state index contributed by atoms with van der Waals surface area (Å²) in [6.45, 7) is 10.9. The molecule has 5 nitrogen and oxygen atoms in total. The molecule has 0 aliphatic rings. The molecular formula is C18H28FNO4Si. The van der Waals surface area contributed by atoms with Gasteiger partial charge in [0.05, 0.1) is 7.11 Å². The van der Waals surface area contributed by atoms with Crippen molar-refractivity contribution in [2.75, 3.05) is 13.7 Å². The Bertz CT molecular complexity index is 613. The summed E-state index contributed by atoms with van der Waals surface area (Å²) in [6, 6.07) is 4.46. The zero-order valence-electron chi connectivity index (χ0n) is 15.8. The van der Waals surface area contributed by atoms with Gasteiger partial charge in [-0.15, -0.1) is 0 Å². The fourth-order valence-electron chi connectivity index (χ4n) is 1.91. The summed E-state index contributed by atoms with van der Waals surface area (Å²) in [5, 5.41) is 2.65. The minimum absolute atomic E-state index is 0.0541. The van der Waals surface area contributed by atoms with Crippen molar-refractivity contribution in [2.24, 2.45) is 0 Å². The molecule has 0 aromatic heterocycles. The van der Waals surface area contributed by atoms with Crippen molar-refractivity contribution < 1.29 is 23.1 Å². The lowest BCUT2D eigenvalue weighted by molar-refractivity contribution is -0.143. The molecular weight excluding hydrogens is 341 g/mol. The van der Waals surface area contributed by atoms with Crippen LogP contribution >= 0.6 is 0 Å². The second-order valence-electron chi connectivity index (χ2n) is 7.46. The monoisotopic (exact) mass is 369 g/mol. The van der Waals surface area contributed by atoms with Crippen molar-refractivity contribution in [3.8, 4) is 0 Å². The summed E-state index contributed by atoms with van der Waals surface area (Å²) >= 11 is 0. The number of halogens is 1. The van der Waals surface area contributed by atoms with Crippen LogP contribution in [0.3, 0.4) is 0 Å². The second kappa shape index (κ2) is 8.58. The van der Waals surface area contributed by atoms with Crippen molar-refractivity contribution in [3.63, 3.8) is 0 Å². The van der Waals surface area contributed by atoms with Gasteiger partial charge in [-0.25, -0.2) is 9.18 Å². The van der Waals surface area contributed by atoms with Gasteiger partial charge < -0.3 is 14.5 Å². The molecule has 0 fully saturated rings. The Balaban J connectivity index is 2.72. The number of rotatable bonds is 7. The fraction of sp³-hybridized carbons (Fsp3) is 0.556. The predicted octanol–water partition coefficient (Wildman–Crippen LogP) is 3.51. The standard InChI is InChI=1S/C18H28FNO4Si/c1-18(2,3)25(5,6)24-11-10-15(17(22)23-4)20-16(21)13-8-7-9-14(19)12-13/h7-9,12,15H,10-11H2,1-6H3,(H,20,21). The van der Waals surface area contributed by atoms with Gasteiger partial charge in [-0.1, -0.05) is 26.8 Å². The zero-order chi connectivity index (χ0) is 19.3. The van der Waals surface area contributed by atoms with Crippen molar-refractivity contribution >= 4 is 20.2 Å². The van der Waals surface area contributed by atoms with Crippen molar-refractivity contribution in [2.45, 2.75) is 51.4 Å². The molecule has 0 aliphatic carbocycles. The molecule has 0 spiro atoms. The van der Waals surface area contributed by atoms with Gasteiger partial charge in [0.15, 0.2) is 8.32 Å². The number of nitrogens with one attached hydrogen (secondary N) is 1. The van der Waals surface area contributed by atoms with E-state index in [0.717, 1.165) is 6.07 Å². The van der Waals surface area contributed by atoms with E-state index in [9.17, 15) is 14.0 Å². The van der Waals surface area contributed by atoms with Crippen molar-refractivity contribution in [1.29, 1.82) is 0 Å². The molecule has 0 heterocycles. The second-order valence-corrected chi connectivity index (χ2v) is 12.3. The molecule has 1 rings (SSSR count). The summed E-state index contributed by atoms with van der Waals surface area (Å²) in [4.78, 5) is 24.2. The SMILES string of the molecule is COC(=O)C(CCO[Si](C)(C)C(C)(C)C)NC(=O)c1cccc(F)c1. The summed E-state index contributed by atoms with van der Waals surface area (Å²) < 4.78 is 24.0. The first-order valence-corrected chi connectivity index (χ1v) is 11.2. The molecule has 1 aromatic carbocycles. The summed E-state index contributed by atoms with van der Waals surface area (Å²) in [6.07, 6.45) is 0.292. The maximum Gasteiger partial charge on any atom is 0.328 e. The van der Waals surface area contributed by atoms with E-state index in [1.807, 2.05) is 0 Å². The van der Waals surface area contributed by atoms with Gasteiger partial charge in [0.1, 0.15) is 11.9 Å². The quantitative estimate of drug-likeness (QED) is 0.590. The van der Waals surface area contributed by atoms with Crippen molar-refractivity contribution in [3.05, 3.63) is 35.6 Å². The van der Waals surface area contributed by atoms with E-state index < -0.39 is 32.1 Å². The lowest BCUT2D eigenvalue weighted by Crippen LogP contribution is -2.45. The zero-order valence-corrected chi connectivity index (χ0v) is 16.8. The Morgan fingerprint density at radius 1 is 1.28 bits per heavy atom. The lowest BCUT2D eigenvalue weighted by Gasteiger charge is -2.36. The van der Waals surface area contributed by atoms with Crippen LogP contribution in [0.15, 0.2) is 24.3 Å². The molecule has 0 aliphatic heterocycles. The molecule has 1 unspecified atom stereocenters. The van der Waals surface area contributed by atoms with Crippen LogP contribution in [0, 0.1) is 5.82 Å². The summed E-state index contributed by atoms with van der Waals surface area (Å²) in [5.74, 6) is -1.59. The topological polar surface area (TPSA) is 64.6 Å². The smallest absolute Gasteiger partial charge is 0.328 e. The number of ether oxygens (including phenoxy) is 1. The Kier molecular flexibility index (Phi) is 7.31. The average molecular weight is 370 g/mol. The van der Waals surface area contributed by atoms with E-state index in [4.69, 9.17) is 9.16 Å². The lowest BCUT2D eigenvalue weighted by atomic mass is 10.1. The molecule has 0 saturated heterocycles. The molecule has 1 atom stereocenters. The van der Waals surface area contributed by atoms with E-state index in [2.05, 4.69) is 39.2 Å². The molecule has 0 saturated carbocycles. The molecule has 1 amide bonds. The number of hydrogen-bond acceptors (Lipinski definition) is 4. The maximum atomic E-state index is 13.2. The van der Waals surface area contributed by atoms with Gasteiger partial charge in [0.2, 0.25) is 0 Å². The summed E-state index contributed by atoms with van der Waals surface area (Å²) in [5.41, 5.74) is 0.152. The average Bonchev–Trinajstić information content (AvgIpc) is 2.51. The van der Waals surface area contributed by atoms with Gasteiger partial charge in [-0.3, -0.25) is 4.79 Å². The highest BCUT2D eigenvalue weighted by Crippen LogP contribution is 2.36. The van der Waals surface area contributed by atoms with Crippen LogP contribution in [-0.2, 0) is 14.0 Å². The number of benzene rings is 1. The number of methoxy groups -OCH3 is 1.